The molecule has 2 aromatic rings. The quantitative estimate of drug-likeness (QED) is 0.760. The second-order valence-electron chi connectivity index (χ2n) is 7.06. The Bertz CT molecular complexity index is 708. The van der Waals surface area contributed by atoms with Crippen LogP contribution in [0.5, 0.6) is 0 Å². The number of likely N-dealkylation sites (tertiary alicyclic amines) is 1. The Hall–Kier alpha value is -1.78. The van der Waals surface area contributed by atoms with Crippen LogP contribution in [0.15, 0.2) is 48.5 Å². The molecule has 1 aliphatic rings. The Morgan fingerprint density at radius 1 is 1.04 bits per heavy atom. The van der Waals surface area contributed by atoms with Crippen molar-refractivity contribution in [2.24, 2.45) is 0 Å². The van der Waals surface area contributed by atoms with Crippen molar-refractivity contribution in [3.05, 3.63) is 70.8 Å². The van der Waals surface area contributed by atoms with E-state index in [9.17, 15) is 4.79 Å². The van der Waals surface area contributed by atoms with Gasteiger partial charge in [-0.3, -0.25) is 9.69 Å². The molecule has 3 nitrogen and oxygen atoms in total. The van der Waals surface area contributed by atoms with Gasteiger partial charge in [-0.25, -0.2) is 0 Å². The zero-order valence-electron chi connectivity index (χ0n) is 15.5. The fraction of sp³-hybridized carbons (Fsp3) is 0.409. The number of carbonyl (C=O) groups excluding carboxylic acids is 1. The van der Waals surface area contributed by atoms with Gasteiger partial charge in [0.05, 0.1) is 5.75 Å². The Labute approximate surface area is 161 Å². The molecule has 3 rings (SSSR count). The maximum Gasteiger partial charge on any atom is 0.230 e. The van der Waals surface area contributed by atoms with E-state index >= 15 is 0 Å². The zero-order chi connectivity index (χ0) is 18.2. The molecule has 0 aromatic heterocycles. The summed E-state index contributed by atoms with van der Waals surface area (Å²) < 4.78 is 0. The van der Waals surface area contributed by atoms with Crippen molar-refractivity contribution in [2.45, 2.75) is 38.6 Å². The van der Waals surface area contributed by atoms with E-state index in [1.54, 1.807) is 11.8 Å². The average Bonchev–Trinajstić information content (AvgIpc) is 3.15. The summed E-state index contributed by atoms with van der Waals surface area (Å²) in [5, 5.41) is 3.04. The largest absolute Gasteiger partial charge is 0.351 e. The highest BCUT2D eigenvalue weighted by Crippen LogP contribution is 2.15. The van der Waals surface area contributed by atoms with Crippen molar-refractivity contribution in [3.8, 4) is 0 Å². The Balaban J connectivity index is 1.39. The van der Waals surface area contributed by atoms with Crippen LogP contribution in [0, 0.1) is 6.92 Å². The molecule has 0 radical (unpaired) electrons. The molecule has 1 N–H and O–H groups in total. The van der Waals surface area contributed by atoms with Crippen LogP contribution < -0.4 is 5.32 Å². The molecule has 138 valence electrons. The van der Waals surface area contributed by atoms with E-state index in [4.69, 9.17) is 0 Å². The van der Waals surface area contributed by atoms with Crippen molar-refractivity contribution in [1.82, 2.24) is 10.2 Å². The minimum absolute atomic E-state index is 0.104. The van der Waals surface area contributed by atoms with E-state index in [0.717, 1.165) is 12.3 Å². The van der Waals surface area contributed by atoms with Crippen molar-refractivity contribution < 1.29 is 4.79 Å². The lowest BCUT2D eigenvalue weighted by Crippen LogP contribution is -2.24. The van der Waals surface area contributed by atoms with E-state index in [0.29, 0.717) is 12.3 Å². The molecule has 0 unspecified atom stereocenters. The molecule has 0 spiro atoms. The van der Waals surface area contributed by atoms with Gasteiger partial charge in [0, 0.05) is 18.8 Å². The van der Waals surface area contributed by atoms with Crippen molar-refractivity contribution >= 4 is 17.7 Å². The van der Waals surface area contributed by atoms with E-state index < -0.39 is 0 Å². The number of nitrogens with zero attached hydrogens (tertiary/aromatic N) is 1. The van der Waals surface area contributed by atoms with Crippen LogP contribution >= 0.6 is 11.8 Å². The first-order chi connectivity index (χ1) is 12.7. The smallest absolute Gasteiger partial charge is 0.230 e. The summed E-state index contributed by atoms with van der Waals surface area (Å²) >= 11 is 1.66. The highest BCUT2D eigenvalue weighted by atomic mass is 32.2. The third-order valence-corrected chi connectivity index (χ3v) is 5.71. The van der Waals surface area contributed by atoms with Gasteiger partial charge in [0.25, 0.3) is 0 Å². The van der Waals surface area contributed by atoms with E-state index in [1.807, 2.05) is 0 Å². The minimum Gasteiger partial charge on any atom is -0.351 e. The molecule has 26 heavy (non-hydrogen) atoms. The van der Waals surface area contributed by atoms with E-state index in [2.05, 4.69) is 65.7 Å². The fourth-order valence-corrected chi connectivity index (χ4v) is 4.05. The summed E-state index contributed by atoms with van der Waals surface area (Å²) in [6, 6.07) is 17.1. The number of rotatable bonds is 8. The maximum absolute atomic E-state index is 12.1. The lowest BCUT2D eigenvalue weighted by Gasteiger charge is -2.15. The molecule has 4 heteroatoms. The summed E-state index contributed by atoms with van der Waals surface area (Å²) in [5.74, 6) is 1.48. The molecular formula is C22H28N2OS. The minimum atomic E-state index is 0.104. The number of benzene rings is 2. The normalized spacial score (nSPS) is 14.5. The summed E-state index contributed by atoms with van der Waals surface area (Å²) in [6.45, 7) is 6.13. The number of hydrogen-bond donors (Lipinski definition) is 1. The predicted molar refractivity (Wildman–Crippen MR) is 110 cm³/mol. The van der Waals surface area contributed by atoms with Crippen molar-refractivity contribution in [1.29, 1.82) is 0 Å². The first-order valence-electron chi connectivity index (χ1n) is 9.39. The lowest BCUT2D eigenvalue weighted by molar-refractivity contribution is -0.118. The highest BCUT2D eigenvalue weighted by Gasteiger charge is 2.11. The summed E-state index contributed by atoms with van der Waals surface area (Å²) in [7, 11) is 0. The molecular weight excluding hydrogens is 340 g/mol. The molecule has 0 bridgehead atoms. The molecule has 1 saturated heterocycles. The monoisotopic (exact) mass is 368 g/mol. The van der Waals surface area contributed by atoms with E-state index in [1.165, 1.54) is 48.2 Å². The van der Waals surface area contributed by atoms with Gasteiger partial charge in [-0.1, -0.05) is 54.1 Å². The summed E-state index contributed by atoms with van der Waals surface area (Å²) in [5.41, 5.74) is 5.05. The SMILES string of the molecule is Cc1ccc(CSCC(=O)NCc2cccc(CN3CCCC3)c2)cc1. The first-order valence-corrected chi connectivity index (χ1v) is 10.5. The number of thioether (sulfide) groups is 1. The van der Waals surface area contributed by atoms with E-state index in [-0.39, 0.29) is 5.91 Å². The third kappa shape index (κ3) is 6.19. The Kier molecular flexibility index (Phi) is 7.15. The summed E-state index contributed by atoms with van der Waals surface area (Å²) in [6.07, 6.45) is 2.63. The zero-order valence-corrected chi connectivity index (χ0v) is 16.4. The molecule has 1 fully saturated rings. The molecule has 0 aliphatic carbocycles. The number of carbonyl (C=O) groups is 1. The fourth-order valence-electron chi connectivity index (χ4n) is 3.23. The van der Waals surface area contributed by atoms with Crippen LogP contribution in [-0.4, -0.2) is 29.6 Å². The topological polar surface area (TPSA) is 32.3 Å². The number of hydrogen-bond acceptors (Lipinski definition) is 3. The van der Waals surface area contributed by atoms with Crippen LogP contribution in [0.4, 0.5) is 0 Å². The highest BCUT2D eigenvalue weighted by molar-refractivity contribution is 7.99. The van der Waals surface area contributed by atoms with Gasteiger partial charge in [0.1, 0.15) is 0 Å². The van der Waals surface area contributed by atoms with Gasteiger partial charge < -0.3 is 5.32 Å². The molecule has 1 amide bonds. The number of nitrogens with one attached hydrogen (secondary N) is 1. The Morgan fingerprint density at radius 2 is 1.77 bits per heavy atom. The first kappa shape index (κ1) is 19.0. The van der Waals surface area contributed by atoms with Gasteiger partial charge >= 0.3 is 0 Å². The van der Waals surface area contributed by atoms with Gasteiger partial charge in [-0.2, -0.15) is 0 Å². The maximum atomic E-state index is 12.1. The van der Waals surface area contributed by atoms with Gasteiger partial charge in [-0.05, 0) is 49.5 Å². The van der Waals surface area contributed by atoms with Gasteiger partial charge in [0.2, 0.25) is 5.91 Å². The second kappa shape index (κ2) is 9.79. The van der Waals surface area contributed by atoms with Crippen LogP contribution in [-0.2, 0) is 23.6 Å². The van der Waals surface area contributed by atoms with Gasteiger partial charge in [0.15, 0.2) is 0 Å². The molecule has 2 aromatic carbocycles. The van der Waals surface area contributed by atoms with Crippen LogP contribution in [0.1, 0.15) is 35.1 Å². The lowest BCUT2D eigenvalue weighted by atomic mass is 10.1. The molecule has 0 atom stereocenters. The standard InChI is InChI=1S/C22H28N2OS/c1-18-7-9-19(10-8-18)16-26-17-22(25)23-14-20-5-4-6-21(13-20)15-24-11-2-3-12-24/h4-10,13H,2-3,11-12,14-17H2,1H3,(H,23,25). The predicted octanol–water partition coefficient (Wildman–Crippen LogP) is 4.14. The average molecular weight is 369 g/mol. The van der Waals surface area contributed by atoms with Gasteiger partial charge in [-0.15, -0.1) is 11.8 Å². The van der Waals surface area contributed by atoms with Crippen LogP contribution in [0.3, 0.4) is 0 Å². The van der Waals surface area contributed by atoms with Crippen LogP contribution in [0.2, 0.25) is 0 Å². The third-order valence-electron chi connectivity index (χ3n) is 4.71. The summed E-state index contributed by atoms with van der Waals surface area (Å²) in [4.78, 5) is 14.6. The molecule has 1 aliphatic heterocycles. The van der Waals surface area contributed by atoms with Crippen molar-refractivity contribution in [3.63, 3.8) is 0 Å². The Morgan fingerprint density at radius 3 is 2.54 bits per heavy atom. The second-order valence-corrected chi connectivity index (χ2v) is 8.04. The molecule has 0 saturated carbocycles. The number of amides is 1. The van der Waals surface area contributed by atoms with Crippen molar-refractivity contribution in [2.75, 3.05) is 18.8 Å². The molecule has 1 heterocycles. The van der Waals surface area contributed by atoms with Crippen LogP contribution in [0.25, 0.3) is 0 Å². The number of aryl methyl sites for hydroxylation is 1.